The largest absolute Gasteiger partial charge is 0.495 e. The minimum absolute atomic E-state index is 0.0567. The minimum atomic E-state index is -0.628. The Kier molecular flexibility index (Phi) is 6.49. The third kappa shape index (κ3) is 4.22. The van der Waals surface area contributed by atoms with Crippen molar-refractivity contribution in [3.8, 4) is 5.75 Å². The molecule has 6 nitrogen and oxygen atoms in total. The number of hydrogen-bond acceptors (Lipinski definition) is 4. The minimum Gasteiger partial charge on any atom is -0.495 e. The Labute approximate surface area is 189 Å². The Morgan fingerprint density at radius 3 is 2.44 bits per heavy atom. The molecule has 2 saturated heterocycles. The molecule has 168 valence electrons. The molecule has 2 heterocycles. The lowest BCUT2D eigenvalue weighted by Crippen LogP contribution is -2.54. The number of carbonyl (C=O) groups is 2. The quantitative estimate of drug-likeness (QED) is 0.711. The molecule has 0 aliphatic carbocycles. The van der Waals surface area contributed by atoms with Crippen molar-refractivity contribution in [2.24, 2.45) is 0 Å². The number of methoxy groups -OCH3 is 1. The average Bonchev–Trinajstić information content (AvgIpc) is 3.32. The Balaban J connectivity index is 1.49. The molecule has 0 spiro atoms. The van der Waals surface area contributed by atoms with E-state index >= 15 is 0 Å². The van der Waals surface area contributed by atoms with Crippen molar-refractivity contribution in [3.63, 3.8) is 0 Å². The first kappa shape index (κ1) is 21.9. The van der Waals surface area contributed by atoms with Crippen molar-refractivity contribution < 1.29 is 14.3 Å². The molecule has 2 aliphatic rings. The van der Waals surface area contributed by atoms with Gasteiger partial charge >= 0.3 is 0 Å². The number of para-hydroxylation sites is 2. The highest BCUT2D eigenvalue weighted by Gasteiger charge is 2.44. The topological polar surface area (TPSA) is 61.9 Å². The van der Waals surface area contributed by atoms with E-state index in [9.17, 15) is 9.59 Å². The fourth-order valence-corrected chi connectivity index (χ4v) is 4.95. The van der Waals surface area contributed by atoms with Crippen molar-refractivity contribution in [2.75, 3.05) is 38.2 Å². The summed E-state index contributed by atoms with van der Waals surface area (Å²) in [6.07, 6.45) is 3.44. The first-order valence-electron chi connectivity index (χ1n) is 11.2. The molecule has 1 unspecified atom stereocenters. The number of benzene rings is 2. The maximum Gasteiger partial charge on any atom is 0.245 e. The molecule has 2 amide bonds. The summed E-state index contributed by atoms with van der Waals surface area (Å²) in [6, 6.07) is 18.0. The van der Waals surface area contributed by atoms with Gasteiger partial charge in [-0.3, -0.25) is 9.59 Å². The van der Waals surface area contributed by atoms with Gasteiger partial charge in [0.15, 0.2) is 0 Å². The number of nitrogens with one attached hydrogen (secondary N) is 1. The molecule has 2 fully saturated rings. The van der Waals surface area contributed by atoms with Crippen LogP contribution in [0.1, 0.15) is 24.8 Å². The van der Waals surface area contributed by atoms with E-state index in [0.29, 0.717) is 25.9 Å². The monoisotopic (exact) mass is 433 g/mol. The van der Waals surface area contributed by atoms with Crippen molar-refractivity contribution >= 4 is 17.5 Å². The first-order valence-corrected chi connectivity index (χ1v) is 11.2. The van der Waals surface area contributed by atoms with Crippen LogP contribution < -0.4 is 15.0 Å². The normalized spacial score (nSPS) is 20.0. The van der Waals surface area contributed by atoms with E-state index in [1.54, 1.807) is 12.0 Å². The van der Waals surface area contributed by atoms with Crippen molar-refractivity contribution in [3.05, 3.63) is 72.8 Å². The van der Waals surface area contributed by atoms with Gasteiger partial charge in [0.05, 0.1) is 18.2 Å². The molecule has 0 saturated carbocycles. The number of piperidine rings is 1. The van der Waals surface area contributed by atoms with Crippen LogP contribution in [-0.2, 0) is 15.0 Å². The van der Waals surface area contributed by atoms with Gasteiger partial charge in [-0.25, -0.2) is 0 Å². The van der Waals surface area contributed by atoms with Crippen LogP contribution in [0.25, 0.3) is 0 Å². The molecule has 1 atom stereocenters. The van der Waals surface area contributed by atoms with E-state index < -0.39 is 5.41 Å². The van der Waals surface area contributed by atoms with Gasteiger partial charge in [0, 0.05) is 32.2 Å². The summed E-state index contributed by atoms with van der Waals surface area (Å²) in [5.41, 5.74) is 1.44. The van der Waals surface area contributed by atoms with Gasteiger partial charge in [0.1, 0.15) is 5.75 Å². The van der Waals surface area contributed by atoms with E-state index in [-0.39, 0.29) is 17.9 Å². The van der Waals surface area contributed by atoms with Gasteiger partial charge in [0.2, 0.25) is 11.8 Å². The highest BCUT2D eigenvalue weighted by Crippen LogP contribution is 2.37. The van der Waals surface area contributed by atoms with E-state index in [1.807, 2.05) is 48.5 Å². The lowest BCUT2D eigenvalue weighted by atomic mass is 9.71. The van der Waals surface area contributed by atoms with E-state index in [1.165, 1.54) is 6.08 Å². The van der Waals surface area contributed by atoms with Gasteiger partial charge in [-0.1, -0.05) is 49.0 Å². The van der Waals surface area contributed by atoms with Crippen LogP contribution in [0.3, 0.4) is 0 Å². The molecular formula is C26H31N3O3. The summed E-state index contributed by atoms with van der Waals surface area (Å²) in [5, 5.41) is 3.34. The molecule has 1 N–H and O–H groups in total. The number of amides is 2. The molecule has 6 heteroatoms. The van der Waals surface area contributed by atoms with Gasteiger partial charge in [0.25, 0.3) is 0 Å². The van der Waals surface area contributed by atoms with Crippen molar-refractivity contribution in [1.82, 2.24) is 10.2 Å². The summed E-state index contributed by atoms with van der Waals surface area (Å²) in [6.45, 7) is 6.30. The third-order valence-corrected chi connectivity index (χ3v) is 6.81. The fraction of sp³-hybridized carbons (Fsp3) is 0.385. The second-order valence-corrected chi connectivity index (χ2v) is 8.55. The van der Waals surface area contributed by atoms with Crippen LogP contribution in [-0.4, -0.2) is 56.0 Å². The zero-order valence-corrected chi connectivity index (χ0v) is 18.6. The standard InChI is InChI=1S/C26H31N3O3/c1-3-24(30)28-17-14-26(15-18-28,20-9-5-4-6-10-20)25(31)27-21-13-16-29(19-21)22-11-7-8-12-23(22)32-2/h3-12,21H,1,13-19H2,2H3,(H,27,31). The SMILES string of the molecule is C=CC(=O)N1CCC(C(=O)NC2CCN(c3ccccc3OC)C2)(c2ccccc2)CC1. The van der Waals surface area contributed by atoms with Crippen LogP contribution in [0.15, 0.2) is 67.3 Å². The molecule has 0 aromatic heterocycles. The second-order valence-electron chi connectivity index (χ2n) is 8.55. The maximum atomic E-state index is 13.7. The number of rotatable bonds is 6. The van der Waals surface area contributed by atoms with Crippen LogP contribution in [0.2, 0.25) is 0 Å². The number of likely N-dealkylation sites (tertiary alicyclic amines) is 1. The highest BCUT2D eigenvalue weighted by atomic mass is 16.5. The summed E-state index contributed by atoms with van der Waals surface area (Å²) < 4.78 is 5.51. The second kappa shape index (κ2) is 9.47. The average molecular weight is 434 g/mol. The predicted molar refractivity (Wildman–Crippen MR) is 126 cm³/mol. The Hall–Kier alpha value is -3.28. The fourth-order valence-electron chi connectivity index (χ4n) is 4.95. The van der Waals surface area contributed by atoms with Crippen LogP contribution >= 0.6 is 0 Å². The molecule has 2 aliphatic heterocycles. The molecule has 0 bridgehead atoms. The Bertz CT molecular complexity index is 967. The summed E-state index contributed by atoms with van der Waals surface area (Å²) >= 11 is 0. The van der Waals surface area contributed by atoms with Crippen LogP contribution in [0.5, 0.6) is 5.75 Å². The number of ether oxygens (including phenoxy) is 1. The molecular weight excluding hydrogens is 402 g/mol. The van der Waals surface area contributed by atoms with Gasteiger partial charge in [-0.05, 0) is 43.0 Å². The lowest BCUT2D eigenvalue weighted by molar-refractivity contribution is -0.134. The zero-order chi connectivity index (χ0) is 22.6. The molecule has 2 aromatic rings. The molecule has 4 rings (SSSR count). The summed E-state index contributed by atoms with van der Waals surface area (Å²) in [7, 11) is 1.68. The molecule has 0 radical (unpaired) electrons. The van der Waals surface area contributed by atoms with Crippen molar-refractivity contribution in [2.45, 2.75) is 30.7 Å². The third-order valence-electron chi connectivity index (χ3n) is 6.81. The maximum absolute atomic E-state index is 13.7. The van der Waals surface area contributed by atoms with Crippen LogP contribution in [0, 0.1) is 0 Å². The first-order chi connectivity index (χ1) is 15.6. The Morgan fingerprint density at radius 2 is 1.75 bits per heavy atom. The summed E-state index contributed by atoms with van der Waals surface area (Å²) in [5.74, 6) is 0.830. The number of anilines is 1. The van der Waals surface area contributed by atoms with E-state index in [4.69, 9.17) is 4.74 Å². The molecule has 32 heavy (non-hydrogen) atoms. The van der Waals surface area contributed by atoms with Gasteiger partial charge in [-0.15, -0.1) is 0 Å². The smallest absolute Gasteiger partial charge is 0.245 e. The van der Waals surface area contributed by atoms with Crippen LogP contribution in [0.4, 0.5) is 5.69 Å². The molecule has 2 aromatic carbocycles. The lowest BCUT2D eigenvalue weighted by Gasteiger charge is -2.41. The van der Waals surface area contributed by atoms with Gasteiger partial charge in [-0.2, -0.15) is 0 Å². The van der Waals surface area contributed by atoms with Crippen molar-refractivity contribution in [1.29, 1.82) is 0 Å². The van der Waals surface area contributed by atoms with E-state index in [2.05, 4.69) is 22.9 Å². The highest BCUT2D eigenvalue weighted by molar-refractivity contribution is 5.90. The number of hydrogen-bond donors (Lipinski definition) is 1. The predicted octanol–water partition coefficient (Wildman–Crippen LogP) is 3.14. The van der Waals surface area contributed by atoms with Gasteiger partial charge < -0.3 is 19.9 Å². The summed E-state index contributed by atoms with van der Waals surface area (Å²) in [4.78, 5) is 29.8. The Morgan fingerprint density at radius 1 is 1.06 bits per heavy atom. The number of carbonyl (C=O) groups excluding carboxylic acids is 2. The zero-order valence-electron chi connectivity index (χ0n) is 18.6. The number of nitrogens with zero attached hydrogens (tertiary/aromatic N) is 2. The van der Waals surface area contributed by atoms with E-state index in [0.717, 1.165) is 36.5 Å².